The Balaban J connectivity index is 1.82. The van der Waals surface area contributed by atoms with E-state index in [0.717, 1.165) is 11.1 Å². The van der Waals surface area contributed by atoms with Crippen molar-refractivity contribution < 1.29 is 21.4 Å². The van der Waals surface area contributed by atoms with Gasteiger partial charge in [-0.3, -0.25) is 0 Å². The number of methoxy groups -OCH3 is 1. The molecule has 1 fully saturated rings. The topological polar surface area (TPSA) is 41.9 Å². The van der Waals surface area contributed by atoms with Crippen LogP contribution >= 0.6 is 0 Å². The summed E-state index contributed by atoms with van der Waals surface area (Å²) in [5.41, 5.74) is 0.739. The number of hydrogen-bond donors (Lipinski definition) is 1. The van der Waals surface area contributed by atoms with E-state index < -0.39 is 24.6 Å². The fourth-order valence-corrected chi connectivity index (χ4v) is 4.83. The molecule has 4 nitrogen and oxygen atoms in total. The molecular formula is C18H21NO3. The van der Waals surface area contributed by atoms with Gasteiger partial charge in [0, 0.05) is 27.1 Å². The molecule has 2 unspecified atom stereocenters. The average molecular weight is 305 g/mol. The van der Waals surface area contributed by atoms with E-state index in [1.807, 2.05) is 6.07 Å². The predicted molar refractivity (Wildman–Crippen MR) is 82.5 cm³/mol. The van der Waals surface area contributed by atoms with E-state index in [1.165, 1.54) is 18.1 Å². The van der Waals surface area contributed by atoms with Crippen LogP contribution < -0.4 is 9.47 Å². The fourth-order valence-electron chi connectivity index (χ4n) is 4.83. The molecule has 22 heavy (non-hydrogen) atoms. The maximum absolute atomic E-state index is 9.28. The monoisotopic (exact) mass is 305 g/mol. The van der Waals surface area contributed by atoms with E-state index in [4.69, 9.17) is 21.5 Å². The van der Waals surface area contributed by atoms with Gasteiger partial charge in [-0.2, -0.15) is 0 Å². The molecule has 0 aromatic heterocycles. The van der Waals surface area contributed by atoms with Gasteiger partial charge in [-0.05, 0) is 38.0 Å². The van der Waals surface area contributed by atoms with Crippen LogP contribution in [0.25, 0.3) is 0 Å². The molecule has 1 spiro atoms. The van der Waals surface area contributed by atoms with Crippen molar-refractivity contribution in [3.05, 3.63) is 35.4 Å². The largest absolute Gasteiger partial charge is 0.493 e. The maximum Gasteiger partial charge on any atom is 0.211 e. The Morgan fingerprint density at radius 2 is 2.50 bits per heavy atom. The Labute approximate surface area is 138 Å². The molecule has 0 amide bonds. The van der Waals surface area contributed by atoms with Crippen LogP contribution in [0.15, 0.2) is 24.3 Å². The summed E-state index contributed by atoms with van der Waals surface area (Å²) in [6, 6.07) is 3.29. The summed E-state index contributed by atoms with van der Waals surface area (Å²) >= 11 is 0. The zero-order valence-electron chi connectivity index (χ0n) is 18.3. The van der Waals surface area contributed by atoms with Crippen molar-refractivity contribution in [3.8, 4) is 11.5 Å². The normalized spacial score (nSPS) is 52.2. The number of rotatable bonds is 2. The summed E-state index contributed by atoms with van der Waals surface area (Å²) in [6.45, 7) is -2.00. The van der Waals surface area contributed by atoms with E-state index >= 15 is 0 Å². The number of likely N-dealkylation sites (tertiary alicyclic amines) is 1. The van der Waals surface area contributed by atoms with Gasteiger partial charge in [0.05, 0.1) is 9.85 Å². The van der Waals surface area contributed by atoms with Crippen molar-refractivity contribution in [1.29, 1.82) is 1.43 Å². The second kappa shape index (κ2) is 4.06. The van der Waals surface area contributed by atoms with Crippen molar-refractivity contribution >= 4 is 0 Å². The highest BCUT2D eigenvalue weighted by Gasteiger charge is 2.64. The van der Waals surface area contributed by atoms with Crippen LogP contribution in [-0.4, -0.2) is 50.3 Å². The molecule has 1 saturated heterocycles. The molecule has 5 atom stereocenters. The third kappa shape index (κ3) is 1.28. The molecular weight excluding hydrogens is 278 g/mol. The van der Waals surface area contributed by atoms with Crippen molar-refractivity contribution in [2.24, 2.45) is 5.92 Å². The lowest BCUT2D eigenvalue weighted by Crippen LogP contribution is -2.64. The number of nitrogens with zero attached hydrogens (tertiary/aromatic N) is 1. The van der Waals surface area contributed by atoms with E-state index in [1.54, 1.807) is 12.1 Å². The standard InChI is InChI=1S/C18H21NO3/c1-19-8-7-18-11-4-5-13(20)17(18)22-16-14(21-2)6-3-10(15(16)18)9-12(11)19/h3-6,11-13,17,20H,7-9H2,1-2H3/t11-,12+,13?,17?,18-/m0/s1/i1D3,13D,17D,20D. The summed E-state index contributed by atoms with van der Waals surface area (Å²) in [6.07, 6.45) is -0.0144. The van der Waals surface area contributed by atoms with E-state index in [2.05, 4.69) is 0 Å². The highest BCUT2D eigenvalue weighted by molar-refractivity contribution is 5.62. The van der Waals surface area contributed by atoms with Crippen molar-refractivity contribution in [2.75, 3.05) is 20.6 Å². The molecule has 2 bridgehead atoms. The van der Waals surface area contributed by atoms with Crippen LogP contribution in [0.5, 0.6) is 11.5 Å². The first kappa shape index (κ1) is 8.37. The number of hydrogen-bond acceptors (Lipinski definition) is 4. The molecule has 1 aromatic rings. The molecule has 2 heterocycles. The van der Waals surface area contributed by atoms with Gasteiger partial charge in [0.25, 0.3) is 0 Å². The van der Waals surface area contributed by atoms with Crippen LogP contribution in [-0.2, 0) is 11.8 Å². The number of benzene rings is 1. The number of piperidine rings is 1. The second-order valence-corrected chi connectivity index (χ2v) is 6.50. The molecule has 4 heteroatoms. The molecule has 1 N–H and O–H groups in total. The molecule has 116 valence electrons. The summed E-state index contributed by atoms with van der Waals surface area (Å²) in [4.78, 5) is 1.53. The van der Waals surface area contributed by atoms with Gasteiger partial charge in [0.15, 0.2) is 11.5 Å². The Kier molecular flexibility index (Phi) is 1.54. The molecule has 1 aromatic carbocycles. The zero-order chi connectivity index (χ0) is 20.1. The smallest absolute Gasteiger partial charge is 0.211 e. The summed E-state index contributed by atoms with van der Waals surface area (Å²) in [5.74, 6) is 0.545. The van der Waals surface area contributed by atoms with Crippen LogP contribution in [0.3, 0.4) is 0 Å². The first-order valence-electron chi connectivity index (χ1n) is 10.5. The minimum atomic E-state index is -2.25. The molecule has 4 aliphatic rings. The van der Waals surface area contributed by atoms with Gasteiger partial charge in [-0.15, -0.1) is 0 Å². The fraction of sp³-hybridized carbons (Fsp3) is 0.556. The van der Waals surface area contributed by atoms with Gasteiger partial charge in [0.1, 0.15) is 12.2 Å². The van der Waals surface area contributed by atoms with Crippen LogP contribution in [0.2, 0.25) is 0 Å². The van der Waals surface area contributed by atoms with Gasteiger partial charge >= 0.3 is 0 Å². The lowest BCUT2D eigenvalue weighted by Gasteiger charge is -2.56. The van der Waals surface area contributed by atoms with Gasteiger partial charge in [-0.1, -0.05) is 18.2 Å². The average Bonchev–Trinajstić information content (AvgIpc) is 2.91. The second-order valence-electron chi connectivity index (χ2n) is 6.50. The van der Waals surface area contributed by atoms with E-state index in [9.17, 15) is 1.37 Å². The summed E-state index contributed by atoms with van der Waals surface area (Å²) in [7, 11) is 1.52. The summed E-state index contributed by atoms with van der Waals surface area (Å²) < 4.78 is 61.0. The Bertz CT molecular complexity index is 891. The van der Waals surface area contributed by atoms with E-state index in [-0.39, 0.29) is 18.5 Å². The first-order chi connectivity index (χ1) is 13.1. The van der Waals surface area contributed by atoms with E-state index in [0.29, 0.717) is 24.3 Å². The highest BCUT2D eigenvalue weighted by atomic mass is 16.5. The third-order valence-corrected chi connectivity index (χ3v) is 5.72. The SMILES string of the molecule is [2H]OC1([2H])C=C[C@H]2[C@H]3Cc4ccc(OC)c5c4[C@@]2(CCN3C([2H])([2H])[2H])C1([2H])O5. The molecule has 5 rings (SSSR count). The summed E-state index contributed by atoms with van der Waals surface area (Å²) in [5, 5.41) is 4.74. The quantitative estimate of drug-likeness (QED) is 0.841. The molecule has 0 radical (unpaired) electrons. The molecule has 0 saturated carbocycles. The lowest BCUT2D eigenvalue weighted by atomic mass is 9.53. The molecule has 2 aliphatic carbocycles. The van der Waals surface area contributed by atoms with Crippen molar-refractivity contribution in [2.45, 2.75) is 36.5 Å². The Morgan fingerprint density at radius 1 is 1.55 bits per heavy atom. The van der Waals surface area contributed by atoms with Crippen LogP contribution in [0, 0.1) is 5.92 Å². The van der Waals surface area contributed by atoms with Crippen molar-refractivity contribution in [1.82, 2.24) is 4.90 Å². The number of likely N-dealkylation sites (N-methyl/N-ethyl adjacent to an activating group) is 1. The van der Waals surface area contributed by atoms with Crippen LogP contribution in [0.4, 0.5) is 0 Å². The zero-order valence-corrected chi connectivity index (χ0v) is 12.3. The maximum atomic E-state index is 9.28. The number of ether oxygens (including phenoxy) is 2. The highest BCUT2D eigenvalue weighted by Crippen LogP contribution is 2.62. The minimum absolute atomic E-state index is 0.250. The Morgan fingerprint density at radius 3 is 3.32 bits per heavy atom. The minimum Gasteiger partial charge on any atom is -0.493 e. The predicted octanol–water partition coefficient (Wildman–Crippen LogP) is 1.50. The van der Waals surface area contributed by atoms with Crippen LogP contribution in [0.1, 0.15) is 24.4 Å². The van der Waals surface area contributed by atoms with Gasteiger partial charge in [-0.25, -0.2) is 0 Å². The van der Waals surface area contributed by atoms with Gasteiger partial charge in [0.2, 0.25) is 1.43 Å². The third-order valence-electron chi connectivity index (χ3n) is 5.72. The Hall–Kier alpha value is -1.52. The van der Waals surface area contributed by atoms with Crippen molar-refractivity contribution in [3.63, 3.8) is 0 Å². The number of aliphatic hydroxyl groups is 1. The lowest BCUT2D eigenvalue weighted by molar-refractivity contribution is -0.0453. The first-order valence-corrected chi connectivity index (χ1v) is 7.63. The van der Waals surface area contributed by atoms with Gasteiger partial charge < -0.3 is 19.5 Å². The molecule has 2 aliphatic heterocycles.